The molecule has 3 N–H and O–H groups in total. The Morgan fingerprint density at radius 2 is 2.14 bits per heavy atom. The van der Waals surface area contributed by atoms with Gasteiger partial charge < -0.3 is 15.8 Å². The van der Waals surface area contributed by atoms with Crippen molar-refractivity contribution in [2.75, 3.05) is 17.7 Å². The summed E-state index contributed by atoms with van der Waals surface area (Å²) in [7, 11) is 0. The lowest BCUT2D eigenvalue weighted by Crippen LogP contribution is -2.22. The van der Waals surface area contributed by atoms with Gasteiger partial charge in [0.1, 0.15) is 17.2 Å². The number of anilines is 2. The van der Waals surface area contributed by atoms with Gasteiger partial charge in [0.15, 0.2) is 6.61 Å². The molecule has 2 aromatic rings. The molecule has 22 heavy (non-hydrogen) atoms. The fraction of sp³-hybridized carbons (Fsp3) is 0.0714. The fourth-order valence-corrected chi connectivity index (χ4v) is 1.73. The Labute approximate surface area is 130 Å². The van der Waals surface area contributed by atoms with Gasteiger partial charge in [-0.25, -0.2) is 14.2 Å². The highest BCUT2D eigenvalue weighted by Crippen LogP contribution is 2.18. The summed E-state index contributed by atoms with van der Waals surface area (Å²) in [5.41, 5.74) is 5.50. The Balaban J connectivity index is 1.93. The maximum Gasteiger partial charge on any atom is 0.342 e. The normalized spacial score (nSPS) is 10.1. The Bertz CT molecular complexity index is 724. The number of rotatable bonds is 4. The van der Waals surface area contributed by atoms with Crippen molar-refractivity contribution < 1.29 is 18.7 Å². The molecule has 0 saturated heterocycles. The van der Waals surface area contributed by atoms with Gasteiger partial charge >= 0.3 is 5.97 Å². The number of ether oxygens (including phenoxy) is 1. The first kappa shape index (κ1) is 15.7. The number of nitrogens with zero attached hydrogens (tertiary/aromatic N) is 1. The lowest BCUT2D eigenvalue weighted by Gasteiger charge is -2.08. The van der Waals surface area contributed by atoms with Crippen LogP contribution in [0, 0.1) is 5.82 Å². The zero-order chi connectivity index (χ0) is 16.1. The molecular weight excluding hydrogens is 313 g/mol. The largest absolute Gasteiger partial charge is 0.452 e. The van der Waals surface area contributed by atoms with Gasteiger partial charge in [-0.05, 0) is 30.3 Å². The van der Waals surface area contributed by atoms with E-state index in [4.69, 9.17) is 22.1 Å². The van der Waals surface area contributed by atoms with Crippen molar-refractivity contribution in [2.24, 2.45) is 0 Å². The van der Waals surface area contributed by atoms with Crippen LogP contribution in [0.3, 0.4) is 0 Å². The molecule has 1 aromatic carbocycles. The number of amides is 1. The van der Waals surface area contributed by atoms with E-state index < -0.39 is 24.3 Å². The predicted octanol–water partition coefficient (Wildman–Crippen LogP) is 2.25. The molecule has 6 nitrogen and oxygen atoms in total. The highest BCUT2D eigenvalue weighted by molar-refractivity contribution is 6.30. The van der Waals surface area contributed by atoms with Gasteiger partial charge in [-0.3, -0.25) is 4.79 Å². The second-order valence-corrected chi connectivity index (χ2v) is 4.62. The lowest BCUT2D eigenvalue weighted by atomic mass is 10.2. The van der Waals surface area contributed by atoms with Crippen LogP contribution in [-0.2, 0) is 9.53 Å². The number of hydrogen-bond donors (Lipinski definition) is 2. The number of esters is 1. The summed E-state index contributed by atoms with van der Waals surface area (Å²) in [4.78, 5) is 27.1. The molecule has 0 atom stereocenters. The van der Waals surface area contributed by atoms with Gasteiger partial charge in [-0.1, -0.05) is 11.6 Å². The molecule has 114 valence electrons. The number of carbonyl (C=O) groups is 2. The molecule has 0 radical (unpaired) electrons. The van der Waals surface area contributed by atoms with E-state index in [0.717, 1.165) is 6.07 Å². The average Bonchev–Trinajstić information content (AvgIpc) is 2.48. The Morgan fingerprint density at radius 3 is 2.82 bits per heavy atom. The Morgan fingerprint density at radius 1 is 1.36 bits per heavy atom. The van der Waals surface area contributed by atoms with Crippen molar-refractivity contribution in [2.45, 2.75) is 0 Å². The molecule has 0 spiro atoms. The van der Waals surface area contributed by atoms with E-state index >= 15 is 0 Å². The zero-order valence-corrected chi connectivity index (χ0v) is 11.9. The van der Waals surface area contributed by atoms with Crippen molar-refractivity contribution in [3.05, 3.63) is 52.9 Å². The number of aromatic nitrogens is 1. The first-order chi connectivity index (χ1) is 10.5. The van der Waals surface area contributed by atoms with Crippen LogP contribution in [0.15, 0.2) is 36.5 Å². The molecule has 0 aliphatic rings. The van der Waals surface area contributed by atoms with E-state index in [1.54, 1.807) is 0 Å². The minimum Gasteiger partial charge on any atom is -0.452 e. The summed E-state index contributed by atoms with van der Waals surface area (Å²) >= 11 is 5.60. The Kier molecular flexibility index (Phi) is 4.90. The quantitative estimate of drug-likeness (QED) is 0.842. The molecule has 8 heteroatoms. The maximum atomic E-state index is 13.5. The monoisotopic (exact) mass is 323 g/mol. The SMILES string of the molecule is Nc1ncccc1C(=O)OCC(=O)Nc1ccc(Cl)cc1F. The number of pyridine rings is 1. The van der Waals surface area contributed by atoms with Crippen molar-refractivity contribution in [1.82, 2.24) is 4.98 Å². The average molecular weight is 324 g/mol. The van der Waals surface area contributed by atoms with E-state index in [1.165, 1.54) is 30.5 Å². The van der Waals surface area contributed by atoms with Gasteiger partial charge in [0.05, 0.1) is 5.69 Å². The Hall–Kier alpha value is -2.67. The predicted molar refractivity (Wildman–Crippen MR) is 79.0 cm³/mol. The standard InChI is InChI=1S/C14H11ClFN3O3/c15-8-3-4-11(10(16)6-8)19-12(20)7-22-14(21)9-2-1-5-18-13(9)17/h1-6H,7H2,(H2,17,18)(H,19,20). The fourth-order valence-electron chi connectivity index (χ4n) is 1.58. The molecule has 2 rings (SSSR count). The highest BCUT2D eigenvalue weighted by atomic mass is 35.5. The van der Waals surface area contributed by atoms with Crippen molar-refractivity contribution in [1.29, 1.82) is 0 Å². The van der Waals surface area contributed by atoms with Gasteiger partial charge in [0.2, 0.25) is 0 Å². The van der Waals surface area contributed by atoms with Crippen LogP contribution < -0.4 is 11.1 Å². The molecule has 1 amide bonds. The molecular formula is C14H11ClFN3O3. The maximum absolute atomic E-state index is 13.5. The summed E-state index contributed by atoms with van der Waals surface area (Å²) in [5.74, 6) is -2.19. The number of nitrogens with one attached hydrogen (secondary N) is 1. The second kappa shape index (κ2) is 6.86. The van der Waals surface area contributed by atoms with Crippen molar-refractivity contribution in [3.63, 3.8) is 0 Å². The molecule has 0 aliphatic heterocycles. The number of carbonyl (C=O) groups excluding carboxylic acids is 2. The van der Waals surface area contributed by atoms with Crippen LogP contribution in [0.1, 0.15) is 10.4 Å². The number of halogens is 2. The van der Waals surface area contributed by atoms with E-state index in [-0.39, 0.29) is 22.1 Å². The molecule has 1 heterocycles. The lowest BCUT2D eigenvalue weighted by molar-refractivity contribution is -0.119. The van der Waals surface area contributed by atoms with Crippen LogP contribution in [0.4, 0.5) is 15.9 Å². The summed E-state index contributed by atoms with van der Waals surface area (Å²) < 4.78 is 18.3. The van der Waals surface area contributed by atoms with Crippen LogP contribution in [0.2, 0.25) is 5.02 Å². The number of benzene rings is 1. The number of hydrogen-bond acceptors (Lipinski definition) is 5. The van der Waals surface area contributed by atoms with Gasteiger partial charge in [0, 0.05) is 11.2 Å². The van der Waals surface area contributed by atoms with E-state index in [0.29, 0.717) is 0 Å². The third-order valence-corrected chi connectivity index (χ3v) is 2.83. The first-order valence-corrected chi connectivity index (χ1v) is 6.47. The van der Waals surface area contributed by atoms with Gasteiger partial charge in [-0.15, -0.1) is 0 Å². The van der Waals surface area contributed by atoms with Crippen molar-refractivity contribution in [3.8, 4) is 0 Å². The van der Waals surface area contributed by atoms with Crippen LogP contribution in [0.25, 0.3) is 0 Å². The van der Waals surface area contributed by atoms with E-state index in [1.807, 2.05) is 0 Å². The topological polar surface area (TPSA) is 94.3 Å². The molecule has 0 saturated carbocycles. The summed E-state index contributed by atoms with van der Waals surface area (Å²) in [5, 5.41) is 2.46. The summed E-state index contributed by atoms with van der Waals surface area (Å²) in [6, 6.07) is 6.70. The molecule has 0 fully saturated rings. The van der Waals surface area contributed by atoms with Gasteiger partial charge in [-0.2, -0.15) is 0 Å². The van der Waals surface area contributed by atoms with Crippen LogP contribution in [-0.4, -0.2) is 23.5 Å². The third kappa shape index (κ3) is 3.92. The number of nitrogens with two attached hydrogens (primary N) is 1. The minimum atomic E-state index is -0.794. The summed E-state index contributed by atoms with van der Waals surface area (Å²) in [6.45, 7) is -0.588. The third-order valence-electron chi connectivity index (χ3n) is 2.60. The van der Waals surface area contributed by atoms with Crippen molar-refractivity contribution >= 4 is 35.0 Å². The second-order valence-electron chi connectivity index (χ2n) is 4.18. The summed E-state index contributed by atoms with van der Waals surface area (Å²) in [6.07, 6.45) is 1.42. The molecule has 0 unspecified atom stereocenters. The highest BCUT2D eigenvalue weighted by Gasteiger charge is 2.14. The van der Waals surface area contributed by atoms with Crippen LogP contribution >= 0.6 is 11.6 Å². The van der Waals surface area contributed by atoms with E-state index in [2.05, 4.69) is 10.3 Å². The molecule has 0 bridgehead atoms. The van der Waals surface area contributed by atoms with Gasteiger partial charge in [0.25, 0.3) is 5.91 Å². The zero-order valence-electron chi connectivity index (χ0n) is 11.2. The van der Waals surface area contributed by atoms with E-state index in [9.17, 15) is 14.0 Å². The first-order valence-electron chi connectivity index (χ1n) is 6.10. The molecule has 0 aliphatic carbocycles. The van der Waals surface area contributed by atoms with Crippen LogP contribution in [0.5, 0.6) is 0 Å². The smallest absolute Gasteiger partial charge is 0.342 e. The number of nitrogen functional groups attached to an aromatic ring is 1. The molecule has 1 aromatic heterocycles. The minimum absolute atomic E-state index is 0.00310.